The third-order valence-corrected chi connectivity index (χ3v) is 4.96. The number of thiazole rings is 1. The van der Waals surface area contributed by atoms with Crippen LogP contribution >= 0.6 is 36.2 Å². The molecule has 0 spiro atoms. The molecule has 2 N–H and O–H groups in total. The summed E-state index contributed by atoms with van der Waals surface area (Å²) in [5, 5.41) is 13.3. The Kier molecular flexibility index (Phi) is 9.61. The molecule has 0 aliphatic heterocycles. The maximum absolute atomic E-state index is 12.4. The highest BCUT2D eigenvalue weighted by atomic mass is 35.5. The second-order valence-corrected chi connectivity index (χ2v) is 7.22. The Balaban J connectivity index is 0.00000196. The largest absolute Gasteiger partial charge is 0.354 e. The molecule has 1 aromatic carbocycles. The van der Waals surface area contributed by atoms with E-state index >= 15 is 0 Å². The first kappa shape index (κ1) is 24.1. The summed E-state index contributed by atoms with van der Waals surface area (Å²) in [5.41, 5.74) is 4.17. The maximum Gasteiger partial charge on any atom is 0.241 e. The lowest BCUT2D eigenvalue weighted by Crippen LogP contribution is -2.36. The van der Waals surface area contributed by atoms with Crippen molar-refractivity contribution in [3.63, 3.8) is 0 Å². The van der Waals surface area contributed by atoms with Gasteiger partial charge in [0.05, 0.1) is 16.9 Å². The van der Waals surface area contributed by atoms with E-state index in [0.29, 0.717) is 6.54 Å². The van der Waals surface area contributed by atoms with Gasteiger partial charge in [0.25, 0.3) is 0 Å². The number of likely N-dealkylation sites (N-methyl/N-ethyl adjacent to an activating group) is 1. The first-order valence-electron chi connectivity index (χ1n) is 8.52. The number of hydrogen-bond acceptors (Lipinski definition) is 5. The minimum absolute atomic E-state index is 0. The number of carbonyl (C=O) groups excluding carboxylic acids is 1. The molecule has 0 aliphatic rings. The van der Waals surface area contributed by atoms with Crippen LogP contribution in [-0.2, 0) is 18.3 Å². The quantitative estimate of drug-likeness (QED) is 0.589. The Bertz CT molecular complexity index is 879. The van der Waals surface area contributed by atoms with Crippen LogP contribution in [0.5, 0.6) is 0 Å². The molecule has 28 heavy (non-hydrogen) atoms. The van der Waals surface area contributed by atoms with Crippen molar-refractivity contribution in [2.45, 2.75) is 19.4 Å². The van der Waals surface area contributed by atoms with E-state index in [1.807, 2.05) is 20.2 Å². The molecule has 9 heteroatoms. The summed E-state index contributed by atoms with van der Waals surface area (Å²) in [6.07, 6.45) is 4.34. The third kappa shape index (κ3) is 6.04. The van der Waals surface area contributed by atoms with Crippen molar-refractivity contribution < 1.29 is 4.79 Å². The average Bonchev–Trinajstić information content (AvgIpc) is 3.25. The van der Waals surface area contributed by atoms with Gasteiger partial charge >= 0.3 is 0 Å². The zero-order valence-corrected chi connectivity index (χ0v) is 18.5. The maximum atomic E-state index is 12.4. The fourth-order valence-corrected chi connectivity index (χ4v) is 3.43. The van der Waals surface area contributed by atoms with Crippen LogP contribution in [0.25, 0.3) is 11.3 Å². The summed E-state index contributed by atoms with van der Waals surface area (Å²) in [7, 11) is 3.61. The number of carbonyl (C=O) groups is 1. The normalized spacial score (nSPS) is 11.2. The number of benzene rings is 1. The van der Waals surface area contributed by atoms with E-state index in [2.05, 4.69) is 50.4 Å². The van der Waals surface area contributed by atoms with Crippen molar-refractivity contribution in [1.82, 2.24) is 25.4 Å². The van der Waals surface area contributed by atoms with E-state index in [1.54, 1.807) is 29.3 Å². The van der Waals surface area contributed by atoms with E-state index in [0.717, 1.165) is 28.2 Å². The molecule has 0 fully saturated rings. The van der Waals surface area contributed by atoms with E-state index in [-0.39, 0.29) is 36.8 Å². The fraction of sp³-hybridized carbons (Fsp3) is 0.316. The topological polar surface area (TPSA) is 71.8 Å². The Hall–Kier alpha value is -1.93. The minimum Gasteiger partial charge on any atom is -0.354 e. The van der Waals surface area contributed by atoms with Crippen LogP contribution in [-0.4, -0.2) is 34.3 Å². The van der Waals surface area contributed by atoms with Crippen LogP contribution < -0.4 is 10.6 Å². The summed E-state index contributed by atoms with van der Waals surface area (Å²) in [6.45, 7) is 2.60. The van der Waals surface area contributed by atoms with Gasteiger partial charge in [0.15, 0.2) is 0 Å². The lowest BCUT2D eigenvalue weighted by molar-refractivity contribution is -0.123. The van der Waals surface area contributed by atoms with Crippen LogP contribution in [0.2, 0.25) is 0 Å². The van der Waals surface area contributed by atoms with Gasteiger partial charge in [0, 0.05) is 36.3 Å². The molecule has 3 rings (SSSR count). The molecule has 2 aromatic heterocycles. The summed E-state index contributed by atoms with van der Waals surface area (Å²) in [4.78, 5) is 16.9. The first-order valence-corrected chi connectivity index (χ1v) is 9.39. The number of aromatic nitrogens is 3. The van der Waals surface area contributed by atoms with Gasteiger partial charge < -0.3 is 10.6 Å². The van der Waals surface area contributed by atoms with Gasteiger partial charge in [0.2, 0.25) is 5.91 Å². The van der Waals surface area contributed by atoms with E-state index in [9.17, 15) is 4.79 Å². The van der Waals surface area contributed by atoms with Gasteiger partial charge in [-0.05, 0) is 26.0 Å². The molecule has 0 saturated carbocycles. The molecule has 1 unspecified atom stereocenters. The van der Waals surface area contributed by atoms with Crippen molar-refractivity contribution in [1.29, 1.82) is 0 Å². The standard InChI is InChI=1S/C19H23N5OS.2ClH/c1-13-23-17(12-26-13)15-6-4-14(5-7-15)8-9-21-19(25)18(20-2)16-10-22-24(3)11-16;;/h4-7,10-12,18,20H,8-9H2,1-3H3,(H,21,25);2*1H. The van der Waals surface area contributed by atoms with Crippen molar-refractivity contribution in [3.05, 3.63) is 58.2 Å². The number of nitrogens with zero attached hydrogens (tertiary/aromatic N) is 3. The highest BCUT2D eigenvalue weighted by Gasteiger charge is 2.19. The summed E-state index contributed by atoms with van der Waals surface area (Å²) in [6, 6.07) is 7.95. The highest BCUT2D eigenvalue weighted by molar-refractivity contribution is 7.09. The number of halogens is 2. The number of hydrogen-bond donors (Lipinski definition) is 2. The molecule has 0 radical (unpaired) electrons. The molecule has 0 aliphatic carbocycles. The molecule has 3 aromatic rings. The Labute approximate surface area is 181 Å². The smallest absolute Gasteiger partial charge is 0.241 e. The Morgan fingerprint density at radius 1 is 1.25 bits per heavy atom. The van der Waals surface area contributed by atoms with Crippen molar-refractivity contribution >= 4 is 42.1 Å². The van der Waals surface area contributed by atoms with Crippen molar-refractivity contribution in [3.8, 4) is 11.3 Å². The molecule has 0 bridgehead atoms. The average molecular weight is 442 g/mol. The fourth-order valence-electron chi connectivity index (χ4n) is 2.81. The highest BCUT2D eigenvalue weighted by Crippen LogP contribution is 2.21. The van der Waals surface area contributed by atoms with Gasteiger partial charge in [-0.3, -0.25) is 9.48 Å². The molecule has 1 atom stereocenters. The molecule has 2 heterocycles. The molecule has 1 amide bonds. The zero-order valence-electron chi connectivity index (χ0n) is 16.0. The Morgan fingerprint density at radius 3 is 2.50 bits per heavy atom. The second-order valence-electron chi connectivity index (χ2n) is 6.16. The molecule has 152 valence electrons. The van der Waals surface area contributed by atoms with Crippen LogP contribution in [0, 0.1) is 6.92 Å². The van der Waals surface area contributed by atoms with Gasteiger partial charge in [0.1, 0.15) is 6.04 Å². The number of aryl methyl sites for hydroxylation is 2. The monoisotopic (exact) mass is 441 g/mol. The summed E-state index contributed by atoms with van der Waals surface area (Å²) in [5.74, 6) is -0.0462. The van der Waals surface area contributed by atoms with Crippen LogP contribution in [0.1, 0.15) is 22.2 Å². The Morgan fingerprint density at radius 2 is 1.96 bits per heavy atom. The summed E-state index contributed by atoms with van der Waals surface area (Å²) >= 11 is 1.65. The number of amides is 1. The minimum atomic E-state index is -0.390. The lowest BCUT2D eigenvalue weighted by atomic mass is 10.1. The SMILES string of the molecule is CNC(C(=O)NCCc1ccc(-c2csc(C)n2)cc1)c1cnn(C)c1.Cl.Cl. The van der Waals surface area contributed by atoms with Crippen LogP contribution in [0.15, 0.2) is 42.0 Å². The molecule has 0 saturated heterocycles. The van der Waals surface area contributed by atoms with Gasteiger partial charge in [-0.1, -0.05) is 24.3 Å². The van der Waals surface area contributed by atoms with Gasteiger partial charge in [-0.2, -0.15) is 5.10 Å². The third-order valence-electron chi connectivity index (χ3n) is 4.19. The van der Waals surface area contributed by atoms with E-state index in [1.165, 1.54) is 5.56 Å². The predicted molar refractivity (Wildman–Crippen MR) is 119 cm³/mol. The van der Waals surface area contributed by atoms with Crippen LogP contribution in [0.4, 0.5) is 0 Å². The van der Waals surface area contributed by atoms with Gasteiger partial charge in [-0.15, -0.1) is 36.2 Å². The molecular formula is C19H25Cl2N5OS. The van der Waals surface area contributed by atoms with E-state index in [4.69, 9.17) is 0 Å². The lowest BCUT2D eigenvalue weighted by Gasteiger charge is -2.14. The molecular weight excluding hydrogens is 417 g/mol. The van der Waals surface area contributed by atoms with Crippen LogP contribution in [0.3, 0.4) is 0 Å². The number of nitrogens with one attached hydrogen (secondary N) is 2. The zero-order chi connectivity index (χ0) is 18.5. The van der Waals surface area contributed by atoms with Crippen molar-refractivity contribution in [2.24, 2.45) is 7.05 Å². The second kappa shape index (κ2) is 11.2. The number of rotatable bonds is 7. The van der Waals surface area contributed by atoms with Crippen molar-refractivity contribution in [2.75, 3.05) is 13.6 Å². The summed E-state index contributed by atoms with van der Waals surface area (Å²) < 4.78 is 1.69. The van der Waals surface area contributed by atoms with Gasteiger partial charge in [-0.25, -0.2) is 4.98 Å². The first-order chi connectivity index (χ1) is 12.6. The van der Waals surface area contributed by atoms with E-state index < -0.39 is 0 Å². The molecule has 6 nitrogen and oxygen atoms in total. The predicted octanol–water partition coefficient (Wildman–Crippen LogP) is 3.32.